The molecule has 2 unspecified atom stereocenters. The van der Waals surface area contributed by atoms with Gasteiger partial charge in [-0.2, -0.15) is 0 Å². The minimum absolute atomic E-state index is 0.0452. The number of hydrogen-bond donors (Lipinski definition) is 1. The van der Waals surface area contributed by atoms with Crippen LogP contribution >= 0.6 is 0 Å². The highest BCUT2D eigenvalue weighted by atomic mass is 16.3. The zero-order chi connectivity index (χ0) is 12.4. The van der Waals surface area contributed by atoms with Crippen molar-refractivity contribution in [3.8, 4) is 0 Å². The van der Waals surface area contributed by atoms with Crippen molar-refractivity contribution in [1.29, 1.82) is 0 Å². The summed E-state index contributed by atoms with van der Waals surface area (Å²) in [5.74, 6) is 1.29. The maximum absolute atomic E-state index is 12.3. The van der Waals surface area contributed by atoms with Crippen molar-refractivity contribution in [3.63, 3.8) is 0 Å². The Morgan fingerprint density at radius 1 is 1.65 bits per heavy atom. The first-order valence-electron chi connectivity index (χ1n) is 6.19. The molecule has 1 amide bonds. The molecule has 0 saturated carbocycles. The monoisotopic (exact) mass is 236 g/mol. The van der Waals surface area contributed by atoms with Crippen molar-refractivity contribution in [2.75, 3.05) is 13.1 Å². The van der Waals surface area contributed by atoms with E-state index in [9.17, 15) is 4.79 Å². The van der Waals surface area contributed by atoms with E-state index in [0.29, 0.717) is 18.0 Å². The van der Waals surface area contributed by atoms with Crippen molar-refractivity contribution in [2.24, 2.45) is 11.7 Å². The Morgan fingerprint density at radius 3 is 3.00 bits per heavy atom. The van der Waals surface area contributed by atoms with Gasteiger partial charge in [-0.25, -0.2) is 0 Å². The standard InChI is InChI=1S/C13H20N2O2/c1-9-4-3-5-15(12(9)7-14)13(16)11-6-10(2)17-8-11/h6,8-9,12H,3-5,7,14H2,1-2H3. The molecule has 0 bridgehead atoms. The van der Waals surface area contributed by atoms with E-state index in [4.69, 9.17) is 10.2 Å². The molecule has 1 aliphatic heterocycles. The van der Waals surface area contributed by atoms with Crippen molar-refractivity contribution in [2.45, 2.75) is 32.7 Å². The van der Waals surface area contributed by atoms with Gasteiger partial charge in [-0.1, -0.05) is 6.92 Å². The number of carbonyl (C=O) groups excluding carboxylic acids is 1. The van der Waals surface area contributed by atoms with E-state index >= 15 is 0 Å². The van der Waals surface area contributed by atoms with Gasteiger partial charge in [-0.15, -0.1) is 0 Å². The fourth-order valence-corrected chi connectivity index (χ4v) is 2.58. The number of nitrogens with two attached hydrogens (primary N) is 1. The van der Waals surface area contributed by atoms with Gasteiger partial charge < -0.3 is 15.1 Å². The molecule has 0 aliphatic carbocycles. The zero-order valence-corrected chi connectivity index (χ0v) is 10.5. The number of carbonyl (C=O) groups is 1. The molecule has 1 saturated heterocycles. The molecule has 0 aromatic carbocycles. The maximum Gasteiger partial charge on any atom is 0.257 e. The van der Waals surface area contributed by atoms with Crippen LogP contribution in [0.25, 0.3) is 0 Å². The quantitative estimate of drug-likeness (QED) is 0.851. The highest BCUT2D eigenvalue weighted by molar-refractivity contribution is 5.94. The summed E-state index contributed by atoms with van der Waals surface area (Å²) in [5, 5.41) is 0. The van der Waals surface area contributed by atoms with Crippen LogP contribution in [-0.2, 0) is 0 Å². The molecule has 1 aliphatic rings. The van der Waals surface area contributed by atoms with E-state index in [-0.39, 0.29) is 11.9 Å². The predicted molar refractivity (Wildman–Crippen MR) is 65.7 cm³/mol. The van der Waals surface area contributed by atoms with Crippen LogP contribution in [0.1, 0.15) is 35.9 Å². The van der Waals surface area contributed by atoms with Gasteiger partial charge in [0, 0.05) is 19.1 Å². The topological polar surface area (TPSA) is 59.5 Å². The number of hydrogen-bond acceptors (Lipinski definition) is 3. The van der Waals surface area contributed by atoms with Crippen LogP contribution in [0.5, 0.6) is 0 Å². The molecular formula is C13H20N2O2. The Balaban J connectivity index is 2.17. The molecule has 0 radical (unpaired) electrons. The Bertz CT molecular complexity index is 400. The van der Waals surface area contributed by atoms with Gasteiger partial charge in [0.15, 0.2) is 0 Å². The minimum atomic E-state index is 0.0452. The second kappa shape index (κ2) is 4.92. The number of furan rings is 1. The summed E-state index contributed by atoms with van der Waals surface area (Å²) in [6.07, 6.45) is 3.74. The lowest BCUT2D eigenvalue weighted by molar-refractivity contribution is 0.0532. The number of aryl methyl sites for hydroxylation is 1. The van der Waals surface area contributed by atoms with E-state index in [1.165, 1.54) is 6.26 Å². The third-order valence-electron chi connectivity index (χ3n) is 3.60. The van der Waals surface area contributed by atoms with Crippen LogP contribution in [0.15, 0.2) is 16.7 Å². The summed E-state index contributed by atoms with van der Waals surface area (Å²) in [4.78, 5) is 14.2. The summed E-state index contributed by atoms with van der Waals surface area (Å²) in [5.41, 5.74) is 6.42. The molecule has 4 nitrogen and oxygen atoms in total. The third-order valence-corrected chi connectivity index (χ3v) is 3.60. The minimum Gasteiger partial charge on any atom is -0.469 e. The Labute approximate surface area is 102 Å². The molecular weight excluding hydrogens is 216 g/mol. The van der Waals surface area contributed by atoms with Gasteiger partial charge in [-0.05, 0) is 31.7 Å². The van der Waals surface area contributed by atoms with E-state index in [0.717, 1.165) is 25.1 Å². The van der Waals surface area contributed by atoms with Crippen molar-refractivity contribution < 1.29 is 9.21 Å². The van der Waals surface area contributed by atoms with Crippen molar-refractivity contribution in [3.05, 3.63) is 23.7 Å². The normalized spacial score (nSPS) is 25.0. The lowest BCUT2D eigenvalue weighted by atomic mass is 9.90. The van der Waals surface area contributed by atoms with Crippen molar-refractivity contribution in [1.82, 2.24) is 4.90 Å². The Hall–Kier alpha value is -1.29. The Morgan fingerprint density at radius 2 is 2.41 bits per heavy atom. The highest BCUT2D eigenvalue weighted by Gasteiger charge is 2.31. The summed E-state index contributed by atoms with van der Waals surface area (Å²) in [6, 6.07) is 1.95. The molecule has 94 valence electrons. The van der Waals surface area contributed by atoms with E-state index < -0.39 is 0 Å². The second-order valence-electron chi connectivity index (χ2n) is 4.87. The SMILES string of the molecule is Cc1cc(C(=O)N2CCCC(C)C2CN)co1. The van der Waals surface area contributed by atoms with Crippen LogP contribution < -0.4 is 5.73 Å². The van der Waals surface area contributed by atoms with Gasteiger partial charge in [0.05, 0.1) is 5.56 Å². The summed E-state index contributed by atoms with van der Waals surface area (Å²) in [6.45, 7) is 5.34. The largest absolute Gasteiger partial charge is 0.469 e. The number of rotatable bonds is 2. The van der Waals surface area contributed by atoms with Gasteiger partial charge in [0.1, 0.15) is 12.0 Å². The summed E-state index contributed by atoms with van der Waals surface area (Å²) in [7, 11) is 0. The summed E-state index contributed by atoms with van der Waals surface area (Å²) >= 11 is 0. The predicted octanol–water partition coefficient (Wildman–Crippen LogP) is 1.79. The first kappa shape index (κ1) is 12.2. The number of likely N-dealkylation sites (tertiary alicyclic amines) is 1. The summed E-state index contributed by atoms with van der Waals surface area (Å²) < 4.78 is 5.19. The average Bonchev–Trinajstić information content (AvgIpc) is 2.74. The van der Waals surface area contributed by atoms with Crippen LogP contribution in [0.3, 0.4) is 0 Å². The lowest BCUT2D eigenvalue weighted by Gasteiger charge is -2.39. The van der Waals surface area contributed by atoms with Gasteiger partial charge in [0.25, 0.3) is 5.91 Å². The van der Waals surface area contributed by atoms with Crippen LogP contribution in [0.4, 0.5) is 0 Å². The molecule has 4 heteroatoms. The average molecular weight is 236 g/mol. The van der Waals surface area contributed by atoms with E-state index in [2.05, 4.69) is 6.92 Å². The number of nitrogens with zero attached hydrogens (tertiary/aromatic N) is 1. The highest BCUT2D eigenvalue weighted by Crippen LogP contribution is 2.24. The molecule has 17 heavy (non-hydrogen) atoms. The molecule has 2 N–H and O–H groups in total. The fourth-order valence-electron chi connectivity index (χ4n) is 2.58. The first-order chi connectivity index (χ1) is 8.13. The smallest absolute Gasteiger partial charge is 0.257 e. The second-order valence-corrected chi connectivity index (χ2v) is 4.87. The lowest BCUT2D eigenvalue weighted by Crippen LogP contribution is -2.51. The number of piperidine rings is 1. The molecule has 1 aromatic rings. The van der Waals surface area contributed by atoms with Crippen LogP contribution in [0.2, 0.25) is 0 Å². The number of amides is 1. The van der Waals surface area contributed by atoms with Crippen LogP contribution in [0, 0.1) is 12.8 Å². The molecule has 1 aromatic heterocycles. The zero-order valence-electron chi connectivity index (χ0n) is 10.5. The molecule has 2 heterocycles. The molecule has 0 spiro atoms. The molecule has 1 fully saturated rings. The Kier molecular flexibility index (Phi) is 3.52. The third kappa shape index (κ3) is 2.36. The van der Waals surface area contributed by atoms with E-state index in [1.54, 1.807) is 6.07 Å². The van der Waals surface area contributed by atoms with Gasteiger partial charge in [-0.3, -0.25) is 4.79 Å². The van der Waals surface area contributed by atoms with E-state index in [1.807, 2.05) is 11.8 Å². The first-order valence-corrected chi connectivity index (χ1v) is 6.19. The fraction of sp³-hybridized carbons (Fsp3) is 0.615. The molecule has 2 rings (SSSR count). The van der Waals surface area contributed by atoms with Crippen molar-refractivity contribution >= 4 is 5.91 Å². The van der Waals surface area contributed by atoms with Gasteiger partial charge >= 0.3 is 0 Å². The molecule has 2 atom stereocenters. The van der Waals surface area contributed by atoms with Crippen LogP contribution in [-0.4, -0.2) is 29.9 Å². The van der Waals surface area contributed by atoms with Gasteiger partial charge in [0.2, 0.25) is 0 Å². The maximum atomic E-state index is 12.3.